The number of aliphatic imine (C=N–C) groups is 1. The van der Waals surface area contributed by atoms with Gasteiger partial charge < -0.3 is 4.74 Å². The third kappa shape index (κ3) is 11.1. The summed E-state index contributed by atoms with van der Waals surface area (Å²) in [4.78, 5) is 16.6. The van der Waals surface area contributed by atoms with Gasteiger partial charge in [0.25, 0.3) is 0 Å². The van der Waals surface area contributed by atoms with Crippen LogP contribution in [0.2, 0.25) is 0 Å². The van der Waals surface area contributed by atoms with E-state index in [-0.39, 0.29) is 11.2 Å². The number of ether oxygens (including phenoxy) is 1. The predicted molar refractivity (Wildman–Crippen MR) is 129 cm³/mol. The fourth-order valence-electron chi connectivity index (χ4n) is 3.23. The number of aryl methyl sites for hydroxylation is 1. The summed E-state index contributed by atoms with van der Waals surface area (Å²) in [6.07, 6.45) is 12.0. The lowest BCUT2D eigenvalue weighted by Gasteiger charge is -2.09. The Hall–Kier alpha value is -0.940. The van der Waals surface area contributed by atoms with Crippen LogP contribution in [0.1, 0.15) is 82.3 Å². The molecule has 29 heavy (non-hydrogen) atoms. The number of nitrogens with zero attached hydrogens (tertiary/aromatic N) is 1. The number of unbranched alkanes of at least 4 members (excludes halogenated alkanes) is 8. The molecule has 162 valence electrons. The number of hydrogen-bond acceptors (Lipinski definition) is 5. The first-order chi connectivity index (χ1) is 14.2. The van der Waals surface area contributed by atoms with E-state index in [9.17, 15) is 4.79 Å². The Labute approximate surface area is 185 Å². The molecule has 1 unspecified atom stereocenters. The highest BCUT2D eigenvalue weighted by Gasteiger charge is 2.21. The van der Waals surface area contributed by atoms with Crippen LogP contribution in [0.25, 0.3) is 0 Å². The lowest BCUT2D eigenvalue weighted by atomic mass is 10.1. The molecule has 0 spiro atoms. The van der Waals surface area contributed by atoms with Crippen molar-refractivity contribution in [2.24, 2.45) is 4.99 Å². The van der Waals surface area contributed by atoms with Crippen molar-refractivity contribution in [1.82, 2.24) is 0 Å². The van der Waals surface area contributed by atoms with Gasteiger partial charge in [0.2, 0.25) is 0 Å². The molecule has 0 aromatic heterocycles. The number of carbonyl (C=O) groups excluding carboxylic acids is 1. The highest BCUT2D eigenvalue weighted by molar-refractivity contribution is 8.39. The van der Waals surface area contributed by atoms with Gasteiger partial charge in [-0.25, -0.2) is 0 Å². The maximum absolute atomic E-state index is 12.0. The number of thioether (sulfide) groups is 2. The van der Waals surface area contributed by atoms with Crippen molar-refractivity contribution in [3.63, 3.8) is 0 Å². The molecule has 3 nitrogen and oxygen atoms in total. The Kier molecular flexibility index (Phi) is 12.5. The van der Waals surface area contributed by atoms with E-state index in [0.29, 0.717) is 13.0 Å². The summed E-state index contributed by atoms with van der Waals surface area (Å²) in [5.41, 5.74) is 2.61. The van der Waals surface area contributed by atoms with Gasteiger partial charge in [-0.3, -0.25) is 9.79 Å². The van der Waals surface area contributed by atoms with E-state index in [4.69, 9.17) is 4.74 Å². The molecule has 1 aliphatic rings. The molecule has 1 atom stereocenters. The van der Waals surface area contributed by atoms with Crippen LogP contribution >= 0.6 is 23.5 Å². The molecule has 5 heteroatoms. The summed E-state index contributed by atoms with van der Waals surface area (Å²) in [6, 6.07) is 8.65. The van der Waals surface area contributed by atoms with Crippen LogP contribution in [0.4, 0.5) is 0 Å². The molecule has 0 fully saturated rings. The van der Waals surface area contributed by atoms with Crippen LogP contribution in [0.15, 0.2) is 29.3 Å². The smallest absolute Gasteiger partial charge is 0.305 e. The molecule has 1 aromatic carbocycles. The summed E-state index contributed by atoms with van der Waals surface area (Å²) in [5.74, 6) is 0.895. The number of carbonyl (C=O) groups is 1. The van der Waals surface area contributed by atoms with E-state index in [0.717, 1.165) is 29.5 Å². The molecule has 1 aromatic rings. The van der Waals surface area contributed by atoms with Gasteiger partial charge >= 0.3 is 5.97 Å². The molecule has 0 saturated carbocycles. The maximum Gasteiger partial charge on any atom is 0.305 e. The number of benzene rings is 1. The molecule has 0 aliphatic carbocycles. The minimum atomic E-state index is -0.0469. The van der Waals surface area contributed by atoms with Crippen LogP contribution in [-0.4, -0.2) is 28.7 Å². The third-order valence-corrected chi connectivity index (χ3v) is 7.53. The van der Waals surface area contributed by atoms with Crippen LogP contribution in [-0.2, 0) is 15.3 Å². The van der Waals surface area contributed by atoms with E-state index >= 15 is 0 Å². The summed E-state index contributed by atoms with van der Waals surface area (Å²) < 4.78 is 6.60. The van der Waals surface area contributed by atoms with Crippen molar-refractivity contribution in [3.8, 4) is 0 Å². The minimum Gasteiger partial charge on any atom is -0.464 e. The molecule has 0 N–H and O–H groups in total. The molecule has 0 saturated heterocycles. The molecule has 0 radical (unpaired) electrons. The van der Waals surface area contributed by atoms with Crippen molar-refractivity contribution >= 4 is 33.9 Å². The minimum absolute atomic E-state index is 0.0469. The second kappa shape index (κ2) is 15.0. The van der Waals surface area contributed by atoms with Gasteiger partial charge in [0.05, 0.1) is 11.8 Å². The van der Waals surface area contributed by atoms with E-state index in [1.54, 1.807) is 23.5 Å². The van der Waals surface area contributed by atoms with Crippen molar-refractivity contribution in [2.75, 3.05) is 13.2 Å². The van der Waals surface area contributed by atoms with Gasteiger partial charge in [0.1, 0.15) is 11.0 Å². The summed E-state index contributed by atoms with van der Waals surface area (Å²) in [7, 11) is 0. The van der Waals surface area contributed by atoms with Gasteiger partial charge in [-0.2, -0.15) is 0 Å². The summed E-state index contributed by atoms with van der Waals surface area (Å²) >= 11 is 3.53. The van der Waals surface area contributed by atoms with Gasteiger partial charge in [-0.05, 0) is 18.9 Å². The first kappa shape index (κ1) is 24.3. The van der Waals surface area contributed by atoms with Gasteiger partial charge in [0.15, 0.2) is 0 Å². The van der Waals surface area contributed by atoms with Crippen LogP contribution in [0.3, 0.4) is 0 Å². The van der Waals surface area contributed by atoms with Crippen molar-refractivity contribution in [1.29, 1.82) is 0 Å². The van der Waals surface area contributed by atoms with Crippen LogP contribution in [0, 0.1) is 6.92 Å². The van der Waals surface area contributed by atoms with E-state index in [1.807, 2.05) is 0 Å². The molecule has 1 aliphatic heterocycles. The quantitative estimate of drug-likeness (QED) is 0.229. The monoisotopic (exact) mass is 435 g/mol. The van der Waals surface area contributed by atoms with Crippen molar-refractivity contribution in [2.45, 2.75) is 89.1 Å². The molecule has 0 bridgehead atoms. The highest BCUT2D eigenvalue weighted by atomic mass is 32.2. The first-order valence-corrected chi connectivity index (χ1v) is 13.1. The third-order valence-electron chi connectivity index (χ3n) is 5.09. The average molecular weight is 436 g/mol. The van der Waals surface area contributed by atoms with E-state index in [1.165, 1.54) is 56.1 Å². The zero-order valence-electron chi connectivity index (χ0n) is 18.2. The largest absolute Gasteiger partial charge is 0.464 e. The highest BCUT2D eigenvalue weighted by Crippen LogP contribution is 2.30. The molecular weight excluding hydrogens is 398 g/mol. The zero-order chi connectivity index (χ0) is 20.7. The zero-order valence-corrected chi connectivity index (χ0v) is 19.8. The first-order valence-electron chi connectivity index (χ1n) is 11.2. The second-order valence-electron chi connectivity index (χ2n) is 7.88. The van der Waals surface area contributed by atoms with E-state index < -0.39 is 0 Å². The lowest BCUT2D eigenvalue weighted by molar-refractivity contribution is -0.143. The molecule has 0 amide bonds. The van der Waals surface area contributed by atoms with Crippen molar-refractivity contribution in [3.05, 3.63) is 35.4 Å². The second-order valence-corrected chi connectivity index (χ2v) is 10.4. The van der Waals surface area contributed by atoms with Crippen molar-refractivity contribution < 1.29 is 9.53 Å². The van der Waals surface area contributed by atoms with Crippen LogP contribution < -0.4 is 0 Å². The Balaban J connectivity index is 1.45. The van der Waals surface area contributed by atoms with E-state index in [2.05, 4.69) is 43.1 Å². The molecule has 1 heterocycles. The molecular formula is C24H37NO2S2. The van der Waals surface area contributed by atoms with Crippen LogP contribution in [0.5, 0.6) is 0 Å². The maximum atomic E-state index is 12.0. The average Bonchev–Trinajstić information content (AvgIpc) is 3.18. The number of rotatable bonds is 14. The summed E-state index contributed by atoms with van der Waals surface area (Å²) in [5, 5.41) is 0.280. The predicted octanol–water partition coefficient (Wildman–Crippen LogP) is 7.16. The Morgan fingerprint density at radius 2 is 1.72 bits per heavy atom. The fraction of sp³-hybridized carbons (Fsp3) is 0.667. The number of hydrogen-bond donors (Lipinski definition) is 0. The Bertz CT molecular complexity index is 616. The Morgan fingerprint density at radius 1 is 1.07 bits per heavy atom. The SMILES string of the molecule is CCCCCCCCCCCC(=O)OCC1CN=C(SCc2ccc(C)cc2)S1. The fourth-order valence-corrected chi connectivity index (χ4v) is 5.45. The van der Waals surface area contributed by atoms with Gasteiger partial charge in [0, 0.05) is 12.2 Å². The Morgan fingerprint density at radius 3 is 2.41 bits per heavy atom. The lowest BCUT2D eigenvalue weighted by Crippen LogP contribution is -2.16. The van der Waals surface area contributed by atoms with Gasteiger partial charge in [-0.1, -0.05) is 112 Å². The standard InChI is InChI=1S/C24H37NO2S2/c1-3-4-5-6-7-8-9-10-11-12-23(26)27-18-22-17-25-24(29-22)28-19-21-15-13-20(2)14-16-21/h13-16,22H,3-12,17-19H2,1-2H3. The number of esters is 1. The summed E-state index contributed by atoms with van der Waals surface area (Å²) in [6.45, 7) is 5.60. The topological polar surface area (TPSA) is 38.7 Å². The normalized spacial score (nSPS) is 16.1. The van der Waals surface area contributed by atoms with Gasteiger partial charge in [-0.15, -0.1) is 0 Å². The molecule has 2 rings (SSSR count).